The number of hydrogen-bond donors (Lipinski definition) is 1. The van der Waals surface area contributed by atoms with Crippen molar-refractivity contribution in [3.63, 3.8) is 0 Å². The van der Waals surface area contributed by atoms with Crippen molar-refractivity contribution in [2.45, 2.75) is 6.92 Å². The Bertz CT molecular complexity index is 482. The van der Waals surface area contributed by atoms with Crippen molar-refractivity contribution in [2.24, 2.45) is 0 Å². The van der Waals surface area contributed by atoms with Crippen LogP contribution >= 0.6 is 12.2 Å². The summed E-state index contributed by atoms with van der Waals surface area (Å²) in [5.41, 5.74) is 3.25. The van der Waals surface area contributed by atoms with Gasteiger partial charge in [0.15, 0.2) is 0 Å². The first-order valence-corrected chi connectivity index (χ1v) is 4.79. The van der Waals surface area contributed by atoms with E-state index in [2.05, 4.69) is 29.3 Å². The second-order valence-corrected chi connectivity index (χ2v) is 3.62. The van der Waals surface area contributed by atoms with Crippen molar-refractivity contribution >= 4 is 12.2 Å². The summed E-state index contributed by atoms with van der Waals surface area (Å²) in [6.07, 6.45) is 0. The lowest BCUT2D eigenvalue weighted by Crippen LogP contribution is -1.87. The molecule has 1 aromatic carbocycles. The molecule has 0 radical (unpaired) electrons. The second-order valence-electron chi connectivity index (χ2n) is 3.18. The lowest BCUT2D eigenvalue weighted by molar-refractivity contribution is 1.02. The van der Waals surface area contributed by atoms with Gasteiger partial charge in [0, 0.05) is 5.56 Å². The normalized spacial score (nSPS) is 10.1. The molecule has 0 aliphatic heterocycles. The van der Waals surface area contributed by atoms with E-state index in [9.17, 15) is 0 Å². The molecule has 0 unspecified atom stereocenters. The lowest BCUT2D eigenvalue weighted by atomic mass is 10.1. The molecule has 14 heavy (non-hydrogen) atoms. The number of aromatic nitrogens is 2. The fourth-order valence-electron chi connectivity index (χ4n) is 1.31. The van der Waals surface area contributed by atoms with Gasteiger partial charge >= 0.3 is 0 Å². The summed E-state index contributed by atoms with van der Waals surface area (Å²) < 4.78 is 0.654. The van der Waals surface area contributed by atoms with Crippen LogP contribution in [0, 0.1) is 11.6 Å². The molecule has 0 amide bonds. The summed E-state index contributed by atoms with van der Waals surface area (Å²) in [4.78, 5) is 0. The Hall–Kier alpha value is -1.48. The summed E-state index contributed by atoms with van der Waals surface area (Å²) in [6, 6.07) is 12.0. The maximum absolute atomic E-state index is 4.93. The molecule has 3 heteroatoms. The molecule has 0 atom stereocenters. The minimum atomic E-state index is 0.654. The van der Waals surface area contributed by atoms with Gasteiger partial charge in [0.1, 0.15) is 4.64 Å². The average Bonchev–Trinajstić information content (AvgIpc) is 2.19. The van der Waals surface area contributed by atoms with E-state index in [1.54, 1.807) is 0 Å². The topological polar surface area (TPSA) is 28.7 Å². The van der Waals surface area contributed by atoms with Crippen molar-refractivity contribution < 1.29 is 0 Å². The SMILES string of the molecule is Cc1cccc(-c2ccc(=S)[nH]n2)c1. The molecule has 0 saturated heterocycles. The molecular weight excluding hydrogens is 192 g/mol. The van der Waals surface area contributed by atoms with Gasteiger partial charge in [0.2, 0.25) is 0 Å². The van der Waals surface area contributed by atoms with Gasteiger partial charge in [0.25, 0.3) is 0 Å². The van der Waals surface area contributed by atoms with Gasteiger partial charge in [0.05, 0.1) is 5.69 Å². The molecule has 0 spiro atoms. The maximum atomic E-state index is 4.93. The number of aromatic amines is 1. The van der Waals surface area contributed by atoms with Crippen LogP contribution in [0.1, 0.15) is 5.56 Å². The van der Waals surface area contributed by atoms with Crippen LogP contribution in [0.4, 0.5) is 0 Å². The molecule has 2 aromatic rings. The van der Waals surface area contributed by atoms with Gasteiger partial charge in [-0.3, -0.25) is 5.10 Å². The van der Waals surface area contributed by atoms with Gasteiger partial charge in [-0.15, -0.1) is 0 Å². The van der Waals surface area contributed by atoms with Gasteiger partial charge in [-0.1, -0.05) is 36.0 Å². The predicted molar refractivity (Wildman–Crippen MR) is 59.6 cm³/mol. The van der Waals surface area contributed by atoms with Gasteiger partial charge < -0.3 is 0 Å². The van der Waals surface area contributed by atoms with E-state index in [4.69, 9.17) is 12.2 Å². The smallest absolute Gasteiger partial charge is 0.119 e. The average molecular weight is 202 g/mol. The largest absolute Gasteiger partial charge is 0.267 e. The zero-order valence-corrected chi connectivity index (χ0v) is 8.64. The standard InChI is InChI=1S/C11H10N2S/c1-8-3-2-4-9(7-8)10-5-6-11(14)13-12-10/h2-7H,1H3,(H,13,14). The zero-order chi connectivity index (χ0) is 9.97. The van der Waals surface area contributed by atoms with E-state index in [0.29, 0.717) is 4.64 Å². The number of rotatable bonds is 1. The van der Waals surface area contributed by atoms with Gasteiger partial charge in [-0.25, -0.2) is 0 Å². The predicted octanol–water partition coefficient (Wildman–Crippen LogP) is 3.11. The van der Waals surface area contributed by atoms with Crippen molar-refractivity contribution in [3.05, 3.63) is 46.6 Å². The van der Waals surface area contributed by atoms with Crippen LogP contribution in [0.15, 0.2) is 36.4 Å². The molecule has 0 aliphatic rings. The Kier molecular flexibility index (Phi) is 2.41. The first-order chi connectivity index (χ1) is 6.75. The molecule has 0 aliphatic carbocycles. The van der Waals surface area contributed by atoms with Crippen LogP contribution < -0.4 is 0 Å². The Morgan fingerprint density at radius 2 is 2.07 bits per heavy atom. The minimum absolute atomic E-state index is 0.654. The first kappa shape index (κ1) is 9.09. The number of hydrogen-bond acceptors (Lipinski definition) is 2. The highest BCUT2D eigenvalue weighted by Crippen LogP contribution is 2.16. The van der Waals surface area contributed by atoms with Crippen LogP contribution in [0.5, 0.6) is 0 Å². The highest BCUT2D eigenvalue weighted by atomic mass is 32.1. The molecule has 0 bridgehead atoms. The molecule has 70 valence electrons. The molecular formula is C11H10N2S. The van der Waals surface area contributed by atoms with E-state index < -0.39 is 0 Å². The summed E-state index contributed by atoms with van der Waals surface area (Å²) in [5.74, 6) is 0. The van der Waals surface area contributed by atoms with Crippen LogP contribution in [-0.2, 0) is 0 Å². The third-order valence-electron chi connectivity index (χ3n) is 1.99. The van der Waals surface area contributed by atoms with Gasteiger partial charge in [-0.05, 0) is 25.1 Å². The summed E-state index contributed by atoms with van der Waals surface area (Å²) in [7, 11) is 0. The molecule has 1 N–H and O–H groups in total. The van der Waals surface area contributed by atoms with E-state index in [1.165, 1.54) is 5.56 Å². The third kappa shape index (κ3) is 1.88. The van der Waals surface area contributed by atoms with Crippen LogP contribution in [0.2, 0.25) is 0 Å². The highest BCUT2D eigenvalue weighted by molar-refractivity contribution is 7.71. The maximum Gasteiger partial charge on any atom is 0.119 e. The van der Waals surface area contributed by atoms with Crippen LogP contribution in [0.3, 0.4) is 0 Å². The van der Waals surface area contributed by atoms with Crippen molar-refractivity contribution in [1.29, 1.82) is 0 Å². The van der Waals surface area contributed by atoms with E-state index in [0.717, 1.165) is 11.3 Å². The minimum Gasteiger partial charge on any atom is -0.267 e. The van der Waals surface area contributed by atoms with Crippen LogP contribution in [-0.4, -0.2) is 10.2 Å². The van der Waals surface area contributed by atoms with Crippen molar-refractivity contribution in [2.75, 3.05) is 0 Å². The molecule has 1 aromatic heterocycles. The van der Waals surface area contributed by atoms with Crippen molar-refractivity contribution in [3.8, 4) is 11.3 Å². The lowest BCUT2D eigenvalue weighted by Gasteiger charge is -2.00. The fourth-order valence-corrected chi connectivity index (χ4v) is 1.42. The summed E-state index contributed by atoms with van der Waals surface area (Å²) >= 11 is 4.93. The summed E-state index contributed by atoms with van der Waals surface area (Å²) in [5, 5.41) is 6.94. The number of nitrogens with zero attached hydrogens (tertiary/aromatic N) is 1. The van der Waals surface area contributed by atoms with Gasteiger partial charge in [-0.2, -0.15) is 5.10 Å². The molecule has 1 heterocycles. The first-order valence-electron chi connectivity index (χ1n) is 4.38. The molecule has 2 nitrogen and oxygen atoms in total. The number of nitrogens with one attached hydrogen (secondary N) is 1. The third-order valence-corrected chi connectivity index (χ3v) is 2.22. The second kappa shape index (κ2) is 3.72. The monoisotopic (exact) mass is 202 g/mol. The zero-order valence-electron chi connectivity index (χ0n) is 7.82. The number of aryl methyl sites for hydroxylation is 1. The molecule has 0 saturated carbocycles. The number of H-pyrrole nitrogens is 1. The van der Waals surface area contributed by atoms with E-state index in [1.807, 2.05) is 24.3 Å². The van der Waals surface area contributed by atoms with Crippen LogP contribution in [0.25, 0.3) is 11.3 Å². The Labute approximate surface area is 87.6 Å². The summed E-state index contributed by atoms with van der Waals surface area (Å²) in [6.45, 7) is 2.06. The van der Waals surface area contributed by atoms with E-state index in [-0.39, 0.29) is 0 Å². The molecule has 2 rings (SSSR count). The Morgan fingerprint density at radius 3 is 2.71 bits per heavy atom. The quantitative estimate of drug-likeness (QED) is 0.720. The van der Waals surface area contributed by atoms with Crippen molar-refractivity contribution in [1.82, 2.24) is 10.2 Å². The van der Waals surface area contributed by atoms with E-state index >= 15 is 0 Å². The fraction of sp³-hybridized carbons (Fsp3) is 0.0909. The Morgan fingerprint density at radius 1 is 1.21 bits per heavy atom. The Balaban J connectivity index is 2.49. The number of benzene rings is 1. The molecule has 0 fully saturated rings. The highest BCUT2D eigenvalue weighted by Gasteiger charge is 1.97.